The molecule has 0 amide bonds. The van der Waals surface area contributed by atoms with Crippen molar-refractivity contribution in [3.05, 3.63) is 79.1 Å². The van der Waals surface area contributed by atoms with Crippen LogP contribution in [0.25, 0.3) is 28.2 Å². The second-order valence-corrected chi connectivity index (χ2v) is 9.73. The van der Waals surface area contributed by atoms with E-state index in [1.54, 1.807) is 6.33 Å². The lowest BCUT2D eigenvalue weighted by atomic mass is 10.1. The third kappa shape index (κ3) is 6.38. The van der Waals surface area contributed by atoms with Gasteiger partial charge in [-0.05, 0) is 49.5 Å². The number of hydrogen-bond acceptors (Lipinski definition) is 7. The molecule has 0 bridgehead atoms. The van der Waals surface area contributed by atoms with E-state index in [4.69, 9.17) is 4.74 Å². The van der Waals surface area contributed by atoms with Gasteiger partial charge in [0.15, 0.2) is 0 Å². The third-order valence-electron chi connectivity index (χ3n) is 6.97. The Morgan fingerprint density at radius 1 is 0.949 bits per heavy atom. The lowest BCUT2D eigenvalue weighted by molar-refractivity contribution is 0.263. The van der Waals surface area contributed by atoms with E-state index < -0.39 is 0 Å². The molecular weight excluding hydrogens is 512 g/mol. The van der Waals surface area contributed by atoms with Crippen molar-refractivity contribution in [2.75, 3.05) is 31.6 Å². The summed E-state index contributed by atoms with van der Waals surface area (Å²) >= 11 is 0. The van der Waals surface area contributed by atoms with Crippen LogP contribution in [0.15, 0.2) is 73.6 Å². The molecule has 0 spiro atoms. The first-order valence-electron chi connectivity index (χ1n) is 13.2. The Balaban J connectivity index is 0.00000308. The molecule has 1 fully saturated rings. The minimum absolute atomic E-state index is 0. The van der Waals surface area contributed by atoms with Gasteiger partial charge in [-0.3, -0.25) is 9.08 Å². The Kier molecular flexibility index (Phi) is 8.39. The number of nitrogens with one attached hydrogen (secondary N) is 1. The number of rotatable bonds is 10. The molecule has 1 aromatic carbocycles. The number of fused-ring (bicyclic) bond motifs is 1. The van der Waals surface area contributed by atoms with E-state index >= 15 is 0 Å². The number of imidazole rings is 1. The van der Waals surface area contributed by atoms with Crippen LogP contribution in [0, 0.1) is 0 Å². The number of nitrogens with zero attached hydrogens (tertiary/aromatic N) is 7. The number of aromatic nitrogens is 6. The number of halogens is 1. The van der Waals surface area contributed by atoms with Crippen LogP contribution in [0.3, 0.4) is 0 Å². The van der Waals surface area contributed by atoms with Gasteiger partial charge in [-0.25, -0.2) is 15.0 Å². The van der Waals surface area contributed by atoms with Gasteiger partial charge >= 0.3 is 0 Å². The van der Waals surface area contributed by atoms with E-state index in [1.807, 2.05) is 59.1 Å². The molecule has 9 nitrogen and oxygen atoms in total. The van der Waals surface area contributed by atoms with Gasteiger partial charge < -0.3 is 15.0 Å². The predicted molar refractivity (Wildman–Crippen MR) is 155 cm³/mol. The Bertz CT molecular complexity index is 1510. The lowest BCUT2D eigenvalue weighted by Gasteiger charge is -2.14. The Labute approximate surface area is 234 Å². The van der Waals surface area contributed by atoms with Crippen molar-refractivity contribution in [1.82, 2.24) is 34.0 Å². The minimum Gasteiger partial charge on any atom is -0.493 e. The van der Waals surface area contributed by atoms with Gasteiger partial charge in [0.05, 0.1) is 30.4 Å². The predicted octanol–water partition coefficient (Wildman–Crippen LogP) is 5.09. The van der Waals surface area contributed by atoms with Crippen LogP contribution in [0.5, 0.6) is 5.75 Å². The van der Waals surface area contributed by atoms with Crippen LogP contribution in [-0.4, -0.2) is 60.3 Å². The highest BCUT2D eigenvalue weighted by Crippen LogP contribution is 2.24. The highest BCUT2D eigenvalue weighted by Gasteiger charge is 2.12. The molecule has 1 saturated heterocycles. The highest BCUT2D eigenvalue weighted by atomic mass is 35.5. The van der Waals surface area contributed by atoms with Crippen molar-refractivity contribution in [2.24, 2.45) is 7.05 Å². The highest BCUT2D eigenvalue weighted by molar-refractivity contribution is 5.85. The van der Waals surface area contributed by atoms with E-state index in [1.165, 1.54) is 31.5 Å². The van der Waals surface area contributed by atoms with E-state index in [9.17, 15) is 0 Å². The van der Waals surface area contributed by atoms with Gasteiger partial charge in [-0.2, -0.15) is 5.10 Å². The zero-order chi connectivity index (χ0) is 25.7. The summed E-state index contributed by atoms with van der Waals surface area (Å²) in [6.45, 7) is 4.94. The molecule has 10 heteroatoms. The van der Waals surface area contributed by atoms with E-state index in [-0.39, 0.29) is 12.4 Å². The average Bonchev–Trinajstić information content (AvgIpc) is 3.72. The van der Waals surface area contributed by atoms with Gasteiger partial charge in [0.2, 0.25) is 0 Å². The van der Waals surface area contributed by atoms with Gasteiger partial charge in [-0.15, -0.1) is 12.4 Å². The maximum Gasteiger partial charge on any atom is 0.140 e. The van der Waals surface area contributed by atoms with Crippen molar-refractivity contribution in [3.63, 3.8) is 0 Å². The maximum absolute atomic E-state index is 6.00. The van der Waals surface area contributed by atoms with Crippen LogP contribution in [0.2, 0.25) is 0 Å². The lowest BCUT2D eigenvalue weighted by Crippen LogP contribution is -2.21. The van der Waals surface area contributed by atoms with E-state index in [0.717, 1.165) is 52.7 Å². The molecule has 0 aliphatic carbocycles. The molecule has 39 heavy (non-hydrogen) atoms. The number of benzene rings is 1. The zero-order valence-electron chi connectivity index (χ0n) is 22.0. The molecule has 0 radical (unpaired) electrons. The van der Waals surface area contributed by atoms with E-state index in [0.29, 0.717) is 13.2 Å². The smallest absolute Gasteiger partial charge is 0.140 e. The zero-order valence-corrected chi connectivity index (χ0v) is 22.8. The van der Waals surface area contributed by atoms with E-state index in [2.05, 4.69) is 54.5 Å². The maximum atomic E-state index is 6.00. The Morgan fingerprint density at radius 2 is 1.79 bits per heavy atom. The number of hydrogen-bond donors (Lipinski definition) is 1. The fraction of sp³-hybridized carbons (Fsp3) is 0.310. The molecule has 1 aliphatic heterocycles. The fourth-order valence-corrected chi connectivity index (χ4v) is 4.90. The molecule has 0 atom stereocenters. The molecule has 5 aromatic rings. The van der Waals surface area contributed by atoms with Crippen LogP contribution in [0.4, 0.5) is 5.82 Å². The molecule has 1 aliphatic rings. The number of ether oxygens (including phenoxy) is 1. The number of anilines is 1. The van der Waals surface area contributed by atoms with Crippen LogP contribution >= 0.6 is 12.4 Å². The first-order chi connectivity index (χ1) is 18.7. The minimum atomic E-state index is 0. The topological polar surface area (TPSA) is 85.4 Å². The van der Waals surface area contributed by atoms with Gasteiger partial charge in [0.25, 0.3) is 0 Å². The Hall–Kier alpha value is -3.95. The molecule has 1 N–H and O–H groups in total. The monoisotopic (exact) mass is 544 g/mol. The van der Waals surface area contributed by atoms with Crippen LogP contribution in [0.1, 0.15) is 24.8 Å². The first kappa shape index (κ1) is 26.6. The quantitative estimate of drug-likeness (QED) is 0.245. The van der Waals surface area contributed by atoms with Gasteiger partial charge in [0.1, 0.15) is 23.5 Å². The van der Waals surface area contributed by atoms with Crippen molar-refractivity contribution in [1.29, 1.82) is 0 Å². The SMILES string of the molecule is Cl.Cn1cc(-c2ccc(CNc3cc(-c4cnc5cc(OCCCN6CCCC6)ccn45)ncn3)cc2)cn1. The van der Waals surface area contributed by atoms with Gasteiger partial charge in [-0.1, -0.05) is 24.3 Å². The molecule has 202 valence electrons. The third-order valence-corrected chi connectivity index (χ3v) is 6.97. The number of pyridine rings is 1. The number of aryl methyl sites for hydroxylation is 1. The first-order valence-corrected chi connectivity index (χ1v) is 13.2. The van der Waals surface area contributed by atoms with Crippen molar-refractivity contribution < 1.29 is 4.74 Å². The molecule has 6 rings (SSSR count). The summed E-state index contributed by atoms with van der Waals surface area (Å²) < 4.78 is 9.83. The second-order valence-electron chi connectivity index (χ2n) is 9.73. The van der Waals surface area contributed by atoms with Gasteiger partial charge in [0, 0.05) is 50.2 Å². The fourth-order valence-electron chi connectivity index (χ4n) is 4.90. The summed E-state index contributed by atoms with van der Waals surface area (Å²) in [7, 11) is 1.92. The normalized spacial score (nSPS) is 13.5. The standard InChI is InChI=1S/C29H32N8O.ClH/c1-35-20-24(18-34-35)23-7-5-22(6-8-23)17-30-28-16-26(32-21-33-28)27-19-31-29-15-25(9-13-37(27)29)38-14-4-12-36-10-2-3-11-36;/h5-9,13,15-16,18-21H,2-4,10-12,14,17H2,1H3,(H,30,32,33);1H. The summed E-state index contributed by atoms with van der Waals surface area (Å²) in [6.07, 6.45) is 13.0. The molecular formula is C29H33ClN8O. The van der Waals surface area contributed by atoms with Crippen LogP contribution in [-0.2, 0) is 13.6 Å². The summed E-state index contributed by atoms with van der Waals surface area (Å²) in [5, 5.41) is 7.66. The second kappa shape index (κ2) is 12.3. The van der Waals surface area contributed by atoms with Crippen molar-refractivity contribution >= 4 is 23.9 Å². The summed E-state index contributed by atoms with van der Waals surface area (Å²) in [6, 6.07) is 14.4. The molecule has 0 unspecified atom stereocenters. The van der Waals surface area contributed by atoms with Crippen molar-refractivity contribution in [3.8, 4) is 28.3 Å². The van der Waals surface area contributed by atoms with Crippen molar-refractivity contribution in [2.45, 2.75) is 25.8 Å². The largest absolute Gasteiger partial charge is 0.493 e. The molecule has 4 aromatic heterocycles. The summed E-state index contributed by atoms with van der Waals surface area (Å²) in [5.74, 6) is 1.61. The Morgan fingerprint density at radius 3 is 2.59 bits per heavy atom. The summed E-state index contributed by atoms with van der Waals surface area (Å²) in [4.78, 5) is 16.0. The van der Waals surface area contributed by atoms with Crippen LogP contribution < -0.4 is 10.1 Å². The molecule has 0 saturated carbocycles. The molecule has 5 heterocycles. The number of likely N-dealkylation sites (tertiary alicyclic amines) is 1. The average molecular weight is 545 g/mol. The summed E-state index contributed by atoms with van der Waals surface area (Å²) in [5.41, 5.74) is 5.97.